The van der Waals surface area contributed by atoms with E-state index in [0.29, 0.717) is 5.25 Å². The number of benzene rings is 6. The Morgan fingerprint density at radius 1 is 0.583 bits per heavy atom. The van der Waals surface area contributed by atoms with E-state index in [2.05, 4.69) is 229 Å². The molecule has 6 aromatic rings. The van der Waals surface area contributed by atoms with Crippen LogP contribution >= 0.6 is 11.8 Å². The molecular weight excluding hydrogens is 745 g/mol. The monoisotopic (exact) mass is 790 g/mol. The van der Waals surface area contributed by atoms with Gasteiger partial charge in [0.05, 0.1) is 17.4 Å². The molecule has 0 saturated heterocycles. The molecule has 1 spiro atoms. The Bertz CT molecular complexity index is 2860. The molecule has 12 rings (SSSR count). The van der Waals surface area contributed by atoms with Gasteiger partial charge in [0, 0.05) is 55.4 Å². The maximum absolute atomic E-state index is 2.63. The fourth-order valence-electron chi connectivity index (χ4n) is 11.8. The van der Waals surface area contributed by atoms with Gasteiger partial charge >= 0.3 is 0 Å². The minimum Gasteiger partial charge on any atom is -0.332 e. The summed E-state index contributed by atoms with van der Waals surface area (Å²) in [6.45, 7) is 2.49. The molecule has 6 aromatic carbocycles. The molecule has 290 valence electrons. The van der Waals surface area contributed by atoms with E-state index in [-0.39, 0.29) is 28.7 Å². The van der Waals surface area contributed by atoms with Crippen LogP contribution in [0.4, 0.5) is 28.4 Å². The van der Waals surface area contributed by atoms with Crippen LogP contribution in [0.1, 0.15) is 41.2 Å². The first kappa shape index (κ1) is 35.6. The highest BCUT2D eigenvalue weighted by Gasteiger charge is 2.63. The van der Waals surface area contributed by atoms with Crippen molar-refractivity contribution in [3.63, 3.8) is 0 Å². The number of rotatable bonds is 6. The van der Waals surface area contributed by atoms with Crippen molar-refractivity contribution in [3.05, 3.63) is 240 Å². The molecule has 6 aliphatic rings. The van der Waals surface area contributed by atoms with Crippen LogP contribution in [-0.2, 0) is 17.3 Å². The van der Waals surface area contributed by atoms with Crippen LogP contribution in [0, 0.1) is 11.8 Å². The van der Waals surface area contributed by atoms with Crippen LogP contribution in [0.15, 0.2) is 217 Å². The topological polar surface area (TPSA) is 6.48 Å². The van der Waals surface area contributed by atoms with Crippen LogP contribution in [0.5, 0.6) is 0 Å². The summed E-state index contributed by atoms with van der Waals surface area (Å²) in [7, 11) is 0. The van der Waals surface area contributed by atoms with Gasteiger partial charge in [-0.15, -0.1) is 11.8 Å². The minimum atomic E-state index is -0.271. The Balaban J connectivity index is 1.16. The molecule has 0 aromatic heterocycles. The van der Waals surface area contributed by atoms with E-state index in [1.54, 1.807) is 0 Å². The predicted molar refractivity (Wildman–Crippen MR) is 252 cm³/mol. The van der Waals surface area contributed by atoms with E-state index < -0.39 is 0 Å². The van der Waals surface area contributed by atoms with Crippen molar-refractivity contribution < 1.29 is 0 Å². The Hall–Kier alpha value is -6.29. The van der Waals surface area contributed by atoms with Crippen LogP contribution in [0.2, 0.25) is 0 Å². The van der Waals surface area contributed by atoms with Gasteiger partial charge in [0.1, 0.15) is 0 Å². The lowest BCUT2D eigenvalue weighted by atomic mass is 9.56. The molecule has 1 aliphatic heterocycles. The fraction of sp³-hybridized carbons (Fsp3) is 0.158. The number of nitrogens with zero attached hydrogens (tertiary/aromatic N) is 2. The highest BCUT2D eigenvalue weighted by Crippen LogP contribution is 2.68. The zero-order valence-corrected chi connectivity index (χ0v) is 34.6. The van der Waals surface area contributed by atoms with Gasteiger partial charge in [-0.3, -0.25) is 0 Å². The lowest BCUT2D eigenvalue weighted by molar-refractivity contribution is 0.254. The highest BCUT2D eigenvalue weighted by molar-refractivity contribution is 8.00. The molecule has 6 atom stereocenters. The maximum atomic E-state index is 2.63. The summed E-state index contributed by atoms with van der Waals surface area (Å²) >= 11 is 2.03. The molecule has 3 heteroatoms. The van der Waals surface area contributed by atoms with Gasteiger partial charge < -0.3 is 9.80 Å². The molecule has 0 saturated carbocycles. The van der Waals surface area contributed by atoms with Crippen molar-refractivity contribution >= 4 is 40.2 Å². The maximum Gasteiger partial charge on any atom is 0.0744 e. The van der Waals surface area contributed by atoms with Crippen molar-refractivity contribution in [2.45, 2.75) is 46.8 Å². The normalized spacial score (nSPS) is 25.6. The van der Waals surface area contributed by atoms with E-state index in [9.17, 15) is 0 Å². The summed E-state index contributed by atoms with van der Waals surface area (Å²) < 4.78 is 0. The number of hydrogen-bond acceptors (Lipinski definition) is 3. The van der Waals surface area contributed by atoms with Crippen molar-refractivity contribution in [2.24, 2.45) is 11.8 Å². The third-order valence-electron chi connectivity index (χ3n) is 14.2. The molecular formula is C57H46N2S. The van der Waals surface area contributed by atoms with Gasteiger partial charge in [0.15, 0.2) is 0 Å². The van der Waals surface area contributed by atoms with E-state index in [0.717, 1.165) is 18.5 Å². The molecule has 2 nitrogen and oxygen atoms in total. The molecule has 0 fully saturated rings. The second-order valence-electron chi connectivity index (χ2n) is 17.3. The largest absolute Gasteiger partial charge is 0.332 e. The van der Waals surface area contributed by atoms with Crippen LogP contribution in [0.3, 0.4) is 0 Å². The first-order chi connectivity index (χ1) is 29.6. The SMILES string of the molecule is CC12C=CC=CC1C1(c3ccccc3SC3C=CC=CC31)c1cc(N(c3ccccc3)c3ccc4c(c3N(c3ccccc3)C3C=CC=CC3)-c3ccccc3C4)ccc12. The smallest absolute Gasteiger partial charge is 0.0744 e. The third-order valence-corrected chi connectivity index (χ3v) is 15.6. The van der Waals surface area contributed by atoms with Crippen molar-refractivity contribution in [1.82, 2.24) is 0 Å². The molecule has 60 heavy (non-hydrogen) atoms. The van der Waals surface area contributed by atoms with Crippen molar-refractivity contribution in [3.8, 4) is 11.1 Å². The second kappa shape index (κ2) is 13.9. The van der Waals surface area contributed by atoms with Crippen molar-refractivity contribution in [2.75, 3.05) is 9.80 Å². The molecule has 1 heterocycles. The minimum absolute atomic E-state index is 0.136. The van der Waals surface area contributed by atoms with Gasteiger partial charge in [-0.05, 0) is 94.8 Å². The van der Waals surface area contributed by atoms with E-state index in [1.165, 1.54) is 66.6 Å². The van der Waals surface area contributed by atoms with Crippen LogP contribution in [-0.4, -0.2) is 11.3 Å². The van der Waals surface area contributed by atoms with Crippen LogP contribution < -0.4 is 9.80 Å². The fourth-order valence-corrected chi connectivity index (χ4v) is 13.2. The zero-order chi connectivity index (χ0) is 39.8. The highest BCUT2D eigenvalue weighted by atomic mass is 32.2. The van der Waals surface area contributed by atoms with Gasteiger partial charge in [-0.1, -0.05) is 171 Å². The number of thioether (sulfide) groups is 1. The quantitative estimate of drug-likeness (QED) is 0.166. The second-order valence-corrected chi connectivity index (χ2v) is 18.5. The summed E-state index contributed by atoms with van der Waals surface area (Å²) in [5, 5.41) is 0.341. The first-order valence-electron chi connectivity index (χ1n) is 21.5. The number of fused-ring (bicyclic) bond motifs is 12. The summed E-state index contributed by atoms with van der Waals surface area (Å²) in [5.74, 6) is 0.541. The van der Waals surface area contributed by atoms with Gasteiger partial charge in [0.25, 0.3) is 0 Å². The standard InChI is InChI=1S/C57H46N2S/c1-56-36-18-17-31-53(56)57(47-27-13-15-29-51(47)60-52-30-16-14-28-48(52)57)49-38-44(33-34-46(49)56)58(41-20-5-2-6-21-41)50-35-32-40-37-39-19-11-12-26-45(39)54(40)55(50)59(42-22-7-3-8-23-42)43-24-9-4-10-25-43/h2-24,26-36,38,43,47,51,53H,25,37H2,1H3. The molecule has 0 amide bonds. The Morgan fingerprint density at radius 2 is 1.33 bits per heavy atom. The summed E-state index contributed by atoms with van der Waals surface area (Å²) in [5.41, 5.74) is 15.3. The Morgan fingerprint density at radius 3 is 2.18 bits per heavy atom. The molecule has 0 bridgehead atoms. The lowest BCUT2D eigenvalue weighted by Gasteiger charge is -2.51. The first-order valence-corrected chi connectivity index (χ1v) is 22.4. The third kappa shape index (κ3) is 5.15. The van der Waals surface area contributed by atoms with Crippen LogP contribution in [0.25, 0.3) is 11.1 Å². The Kier molecular flexibility index (Phi) is 8.25. The van der Waals surface area contributed by atoms with E-state index in [1.807, 2.05) is 11.8 Å². The van der Waals surface area contributed by atoms with Gasteiger partial charge in [-0.2, -0.15) is 0 Å². The summed E-state index contributed by atoms with van der Waals surface area (Å²) in [6.07, 6.45) is 30.1. The molecule has 0 radical (unpaired) electrons. The lowest BCUT2D eigenvalue weighted by Crippen LogP contribution is -2.49. The van der Waals surface area contributed by atoms with E-state index in [4.69, 9.17) is 0 Å². The van der Waals surface area contributed by atoms with Gasteiger partial charge in [-0.25, -0.2) is 0 Å². The Labute approximate surface area is 358 Å². The number of allylic oxidation sites excluding steroid dienone is 9. The predicted octanol–water partition coefficient (Wildman–Crippen LogP) is 14.3. The van der Waals surface area contributed by atoms with Crippen molar-refractivity contribution in [1.29, 1.82) is 0 Å². The number of hydrogen-bond donors (Lipinski definition) is 0. The molecule has 0 N–H and O–H groups in total. The average molecular weight is 791 g/mol. The summed E-state index contributed by atoms with van der Waals surface area (Å²) in [4.78, 5) is 6.59. The number of anilines is 5. The molecule has 6 unspecified atom stereocenters. The average Bonchev–Trinajstić information content (AvgIpc) is 3.79. The number of para-hydroxylation sites is 2. The zero-order valence-electron chi connectivity index (χ0n) is 33.7. The van der Waals surface area contributed by atoms with E-state index >= 15 is 0 Å². The summed E-state index contributed by atoms with van der Waals surface area (Å²) in [6, 6.07) is 53.0. The molecule has 5 aliphatic carbocycles. The van der Waals surface area contributed by atoms with Gasteiger partial charge in [0.2, 0.25) is 0 Å².